The van der Waals surface area contributed by atoms with Crippen molar-refractivity contribution in [3.63, 3.8) is 0 Å². The second-order valence-electron chi connectivity index (χ2n) is 4.68. The average molecular weight is 325 g/mol. The van der Waals surface area contributed by atoms with Crippen LogP contribution in [0.15, 0.2) is 30.3 Å². The topological polar surface area (TPSA) is 66.9 Å². The van der Waals surface area contributed by atoms with Gasteiger partial charge in [-0.2, -0.15) is 0 Å². The zero-order valence-electron chi connectivity index (χ0n) is 11.5. The zero-order chi connectivity index (χ0) is 15.4. The number of nitrogens with one attached hydrogen (secondary N) is 2. The van der Waals surface area contributed by atoms with E-state index >= 15 is 0 Å². The van der Waals surface area contributed by atoms with Gasteiger partial charge in [0.1, 0.15) is 5.82 Å². The smallest absolute Gasteiger partial charge is 0.276 e. The fourth-order valence-corrected chi connectivity index (χ4v) is 1.94. The molecule has 2 aromatic rings. The SMILES string of the molecule is CC(C)Nc1ccc(C(=O)Nc2cc(Cl)ccc2Cl)nn1. The summed E-state index contributed by atoms with van der Waals surface area (Å²) in [4.78, 5) is 12.1. The second-order valence-corrected chi connectivity index (χ2v) is 5.52. The standard InChI is InChI=1S/C14H14Cl2N4O/c1-8(2)17-13-6-5-11(19-20-13)14(21)18-12-7-9(15)3-4-10(12)16/h3-8H,1-2H3,(H,17,20)(H,18,21). The minimum Gasteiger partial charge on any atom is -0.366 e. The Hall–Kier alpha value is -1.85. The maximum absolute atomic E-state index is 12.1. The Kier molecular flexibility index (Phi) is 4.98. The largest absolute Gasteiger partial charge is 0.366 e. The molecule has 2 N–H and O–H groups in total. The van der Waals surface area contributed by atoms with Gasteiger partial charge in [-0.25, -0.2) is 0 Å². The monoisotopic (exact) mass is 324 g/mol. The van der Waals surface area contributed by atoms with Crippen LogP contribution in [-0.2, 0) is 0 Å². The molecule has 0 bridgehead atoms. The van der Waals surface area contributed by atoms with E-state index in [4.69, 9.17) is 23.2 Å². The minimum absolute atomic E-state index is 0.195. The molecular formula is C14H14Cl2N4O. The Morgan fingerprint density at radius 1 is 1.14 bits per heavy atom. The van der Waals surface area contributed by atoms with Gasteiger partial charge in [0.15, 0.2) is 5.69 Å². The Morgan fingerprint density at radius 2 is 1.90 bits per heavy atom. The third-order valence-corrected chi connectivity index (χ3v) is 3.08. The number of carbonyl (C=O) groups is 1. The molecular weight excluding hydrogens is 311 g/mol. The molecule has 21 heavy (non-hydrogen) atoms. The number of amides is 1. The highest BCUT2D eigenvalue weighted by Crippen LogP contribution is 2.25. The zero-order valence-corrected chi connectivity index (χ0v) is 13.0. The van der Waals surface area contributed by atoms with Crippen LogP contribution in [-0.4, -0.2) is 22.1 Å². The van der Waals surface area contributed by atoms with Gasteiger partial charge in [-0.15, -0.1) is 10.2 Å². The molecule has 1 aromatic carbocycles. The van der Waals surface area contributed by atoms with E-state index in [1.165, 1.54) is 0 Å². The quantitative estimate of drug-likeness (QED) is 0.896. The number of carbonyl (C=O) groups excluding carboxylic acids is 1. The highest BCUT2D eigenvalue weighted by atomic mass is 35.5. The van der Waals surface area contributed by atoms with Crippen molar-refractivity contribution >= 4 is 40.6 Å². The highest BCUT2D eigenvalue weighted by Gasteiger charge is 2.11. The predicted octanol–water partition coefficient (Wildman–Crippen LogP) is 3.86. The summed E-state index contributed by atoms with van der Waals surface area (Å²) >= 11 is 11.9. The fourth-order valence-electron chi connectivity index (χ4n) is 1.61. The number of hydrogen-bond donors (Lipinski definition) is 2. The summed E-state index contributed by atoms with van der Waals surface area (Å²) in [7, 11) is 0. The van der Waals surface area contributed by atoms with Crippen molar-refractivity contribution in [2.75, 3.05) is 10.6 Å². The maximum atomic E-state index is 12.1. The van der Waals surface area contributed by atoms with Gasteiger partial charge in [-0.05, 0) is 44.2 Å². The van der Waals surface area contributed by atoms with Crippen LogP contribution in [0, 0.1) is 0 Å². The van der Waals surface area contributed by atoms with Crippen molar-refractivity contribution in [2.24, 2.45) is 0 Å². The van der Waals surface area contributed by atoms with Gasteiger partial charge in [0.05, 0.1) is 10.7 Å². The van der Waals surface area contributed by atoms with Gasteiger partial charge >= 0.3 is 0 Å². The lowest BCUT2D eigenvalue weighted by Gasteiger charge is -2.09. The predicted molar refractivity (Wildman–Crippen MR) is 85.2 cm³/mol. The van der Waals surface area contributed by atoms with Crippen molar-refractivity contribution in [1.82, 2.24) is 10.2 Å². The normalized spacial score (nSPS) is 10.5. The van der Waals surface area contributed by atoms with Gasteiger partial charge in [0, 0.05) is 11.1 Å². The summed E-state index contributed by atoms with van der Waals surface area (Å²) in [6.07, 6.45) is 0. The Balaban J connectivity index is 2.11. The first-order valence-electron chi connectivity index (χ1n) is 6.32. The molecule has 0 aliphatic carbocycles. The summed E-state index contributed by atoms with van der Waals surface area (Å²) in [5.74, 6) is 0.213. The van der Waals surface area contributed by atoms with Crippen LogP contribution < -0.4 is 10.6 Å². The number of aromatic nitrogens is 2. The molecule has 0 spiro atoms. The van der Waals surface area contributed by atoms with E-state index in [1.807, 2.05) is 13.8 Å². The van der Waals surface area contributed by atoms with Crippen LogP contribution in [0.5, 0.6) is 0 Å². The summed E-state index contributed by atoms with van der Waals surface area (Å²) in [6.45, 7) is 3.98. The van der Waals surface area contributed by atoms with Gasteiger partial charge in [-0.3, -0.25) is 4.79 Å². The molecule has 0 atom stereocenters. The first-order chi connectivity index (χ1) is 9.95. The summed E-state index contributed by atoms with van der Waals surface area (Å²) < 4.78 is 0. The number of benzene rings is 1. The lowest BCUT2D eigenvalue weighted by atomic mass is 10.3. The van der Waals surface area contributed by atoms with E-state index in [-0.39, 0.29) is 11.7 Å². The van der Waals surface area contributed by atoms with Crippen LogP contribution in [0.4, 0.5) is 11.5 Å². The molecule has 2 rings (SSSR count). The van der Waals surface area contributed by atoms with Crippen LogP contribution in [0.3, 0.4) is 0 Å². The first-order valence-corrected chi connectivity index (χ1v) is 7.08. The lowest BCUT2D eigenvalue weighted by molar-refractivity contribution is 0.102. The van der Waals surface area contributed by atoms with E-state index in [0.29, 0.717) is 21.6 Å². The fraction of sp³-hybridized carbons (Fsp3) is 0.214. The lowest BCUT2D eigenvalue weighted by Crippen LogP contribution is -2.16. The average Bonchev–Trinajstić information content (AvgIpc) is 2.43. The van der Waals surface area contributed by atoms with Gasteiger partial charge in [0.25, 0.3) is 5.91 Å². The number of anilines is 2. The molecule has 0 saturated carbocycles. The van der Waals surface area contributed by atoms with E-state index < -0.39 is 5.91 Å². The molecule has 110 valence electrons. The van der Waals surface area contributed by atoms with Gasteiger partial charge in [0.2, 0.25) is 0 Å². The van der Waals surface area contributed by atoms with E-state index in [2.05, 4.69) is 20.8 Å². The summed E-state index contributed by atoms with van der Waals surface area (Å²) in [5.41, 5.74) is 0.626. The Bertz CT molecular complexity index is 644. The van der Waals surface area contributed by atoms with Crippen molar-refractivity contribution in [3.8, 4) is 0 Å². The third-order valence-electron chi connectivity index (χ3n) is 2.51. The molecule has 0 unspecified atom stereocenters. The molecule has 0 aliphatic heterocycles. The molecule has 0 fully saturated rings. The van der Waals surface area contributed by atoms with E-state index in [9.17, 15) is 4.79 Å². The molecule has 5 nitrogen and oxygen atoms in total. The van der Waals surface area contributed by atoms with Crippen molar-refractivity contribution < 1.29 is 4.79 Å². The molecule has 0 aliphatic rings. The number of nitrogens with zero attached hydrogens (tertiary/aromatic N) is 2. The van der Waals surface area contributed by atoms with Gasteiger partial charge < -0.3 is 10.6 Å². The molecule has 1 heterocycles. The third kappa shape index (κ3) is 4.31. The summed E-state index contributed by atoms with van der Waals surface area (Å²) in [5, 5.41) is 14.4. The minimum atomic E-state index is -0.400. The number of hydrogen-bond acceptors (Lipinski definition) is 4. The van der Waals surface area contributed by atoms with E-state index in [1.54, 1.807) is 30.3 Å². The Labute approximate surface area is 132 Å². The summed E-state index contributed by atoms with van der Waals surface area (Å²) in [6, 6.07) is 8.35. The maximum Gasteiger partial charge on any atom is 0.276 e. The second kappa shape index (κ2) is 6.74. The van der Waals surface area contributed by atoms with Crippen LogP contribution in [0.2, 0.25) is 10.0 Å². The molecule has 0 radical (unpaired) electrons. The van der Waals surface area contributed by atoms with Gasteiger partial charge in [-0.1, -0.05) is 23.2 Å². The molecule has 0 saturated heterocycles. The van der Waals surface area contributed by atoms with Crippen LogP contribution in [0.25, 0.3) is 0 Å². The molecule has 1 aromatic heterocycles. The number of halogens is 2. The number of rotatable bonds is 4. The molecule has 7 heteroatoms. The van der Waals surface area contributed by atoms with E-state index in [0.717, 1.165) is 0 Å². The molecule has 1 amide bonds. The first kappa shape index (κ1) is 15.5. The van der Waals surface area contributed by atoms with Crippen LogP contribution >= 0.6 is 23.2 Å². The Morgan fingerprint density at radius 3 is 2.52 bits per heavy atom. The van der Waals surface area contributed by atoms with Crippen molar-refractivity contribution in [1.29, 1.82) is 0 Å². The highest BCUT2D eigenvalue weighted by molar-refractivity contribution is 6.35. The van der Waals surface area contributed by atoms with Crippen LogP contribution in [0.1, 0.15) is 24.3 Å². The van der Waals surface area contributed by atoms with Crippen molar-refractivity contribution in [2.45, 2.75) is 19.9 Å². The van der Waals surface area contributed by atoms with Crippen molar-refractivity contribution in [3.05, 3.63) is 46.1 Å².